The zero-order chi connectivity index (χ0) is 17.4. The number of β-amino-alcohol motifs (C(OH)–C–C–N with tert-alkyl or cyclic N) is 1. The van der Waals surface area contributed by atoms with E-state index >= 15 is 0 Å². The lowest BCUT2D eigenvalue weighted by molar-refractivity contribution is 0.0714. The van der Waals surface area contributed by atoms with Crippen LogP contribution in [0.15, 0.2) is 42.5 Å². The summed E-state index contributed by atoms with van der Waals surface area (Å²) >= 11 is 0. The molecule has 0 radical (unpaired) electrons. The molecule has 0 aliphatic carbocycles. The molecular formula is C19H18FNO4. The number of hydrogen-bond donors (Lipinski definition) is 1. The SMILES string of the molecule is O=C(c1ccc2c(c1)OCCO2)N1CC(O)CC1c1cccc(F)c1. The quantitative estimate of drug-likeness (QED) is 0.910. The highest BCUT2D eigenvalue weighted by Crippen LogP contribution is 2.36. The average molecular weight is 343 g/mol. The van der Waals surface area contributed by atoms with Gasteiger partial charge in [-0.2, -0.15) is 0 Å². The van der Waals surface area contributed by atoms with Crippen LogP contribution >= 0.6 is 0 Å². The fraction of sp³-hybridized carbons (Fsp3) is 0.316. The van der Waals surface area contributed by atoms with E-state index in [0.29, 0.717) is 42.3 Å². The van der Waals surface area contributed by atoms with E-state index in [-0.39, 0.29) is 24.3 Å². The summed E-state index contributed by atoms with van der Waals surface area (Å²) in [5.74, 6) is 0.582. The van der Waals surface area contributed by atoms with Gasteiger partial charge in [0, 0.05) is 12.1 Å². The van der Waals surface area contributed by atoms with Crippen LogP contribution in [0, 0.1) is 5.82 Å². The summed E-state index contributed by atoms with van der Waals surface area (Å²) in [5, 5.41) is 10.1. The van der Waals surface area contributed by atoms with Crippen molar-refractivity contribution in [3.8, 4) is 11.5 Å². The van der Waals surface area contributed by atoms with Crippen molar-refractivity contribution in [1.82, 2.24) is 4.90 Å². The third-order valence-electron chi connectivity index (χ3n) is 4.56. The van der Waals surface area contributed by atoms with Crippen molar-refractivity contribution in [3.05, 3.63) is 59.4 Å². The molecule has 130 valence electrons. The molecule has 1 fully saturated rings. The van der Waals surface area contributed by atoms with Crippen LogP contribution in [-0.4, -0.2) is 41.8 Å². The topological polar surface area (TPSA) is 59.0 Å². The number of rotatable bonds is 2. The van der Waals surface area contributed by atoms with Gasteiger partial charge in [-0.25, -0.2) is 4.39 Å². The molecular weight excluding hydrogens is 325 g/mol. The molecule has 0 spiro atoms. The predicted octanol–water partition coefficient (Wildman–Crippen LogP) is 2.55. The Morgan fingerprint density at radius 1 is 1.12 bits per heavy atom. The summed E-state index contributed by atoms with van der Waals surface area (Å²) in [5.41, 5.74) is 1.14. The zero-order valence-electron chi connectivity index (χ0n) is 13.5. The Hall–Kier alpha value is -2.60. The van der Waals surface area contributed by atoms with Crippen molar-refractivity contribution in [3.63, 3.8) is 0 Å². The van der Waals surface area contributed by atoms with Gasteiger partial charge >= 0.3 is 0 Å². The van der Waals surface area contributed by atoms with Gasteiger partial charge in [0.1, 0.15) is 19.0 Å². The summed E-state index contributed by atoms with van der Waals surface area (Å²) in [6.07, 6.45) is -0.242. The minimum atomic E-state index is -0.630. The van der Waals surface area contributed by atoms with Gasteiger partial charge in [0.25, 0.3) is 5.91 Å². The Labute approximate surface area is 144 Å². The number of halogens is 1. The number of likely N-dealkylation sites (tertiary alicyclic amines) is 1. The van der Waals surface area contributed by atoms with E-state index in [2.05, 4.69) is 0 Å². The number of amides is 1. The molecule has 6 heteroatoms. The maximum Gasteiger partial charge on any atom is 0.254 e. The number of aliphatic hydroxyl groups excluding tert-OH is 1. The Bertz CT molecular complexity index is 810. The van der Waals surface area contributed by atoms with Gasteiger partial charge in [-0.3, -0.25) is 4.79 Å². The van der Waals surface area contributed by atoms with Crippen molar-refractivity contribution in [1.29, 1.82) is 0 Å². The smallest absolute Gasteiger partial charge is 0.254 e. The van der Waals surface area contributed by atoms with Crippen molar-refractivity contribution < 1.29 is 23.8 Å². The van der Waals surface area contributed by atoms with Gasteiger partial charge in [0.2, 0.25) is 0 Å². The van der Waals surface area contributed by atoms with Crippen molar-refractivity contribution in [2.45, 2.75) is 18.6 Å². The summed E-state index contributed by atoms with van der Waals surface area (Å²) in [7, 11) is 0. The monoisotopic (exact) mass is 343 g/mol. The lowest BCUT2D eigenvalue weighted by Crippen LogP contribution is -2.32. The van der Waals surface area contributed by atoms with E-state index in [9.17, 15) is 14.3 Å². The molecule has 2 atom stereocenters. The summed E-state index contributed by atoms with van der Waals surface area (Å²) in [4.78, 5) is 14.6. The van der Waals surface area contributed by atoms with Crippen LogP contribution in [-0.2, 0) is 0 Å². The number of carbonyl (C=O) groups is 1. The number of nitrogens with zero attached hydrogens (tertiary/aromatic N) is 1. The molecule has 2 aliphatic heterocycles. The number of carbonyl (C=O) groups excluding carboxylic acids is 1. The second-order valence-corrected chi connectivity index (χ2v) is 6.28. The van der Waals surface area contributed by atoms with Crippen LogP contribution in [0.5, 0.6) is 11.5 Å². The van der Waals surface area contributed by atoms with Crippen LogP contribution in [0.3, 0.4) is 0 Å². The number of ether oxygens (including phenoxy) is 2. The first-order valence-corrected chi connectivity index (χ1v) is 8.26. The molecule has 0 aromatic heterocycles. The first-order valence-electron chi connectivity index (χ1n) is 8.26. The maximum absolute atomic E-state index is 13.6. The molecule has 0 bridgehead atoms. The molecule has 25 heavy (non-hydrogen) atoms. The Morgan fingerprint density at radius 3 is 2.72 bits per heavy atom. The highest BCUT2D eigenvalue weighted by Gasteiger charge is 2.36. The largest absolute Gasteiger partial charge is 0.486 e. The minimum absolute atomic E-state index is 0.217. The second-order valence-electron chi connectivity index (χ2n) is 6.28. The van der Waals surface area contributed by atoms with E-state index < -0.39 is 6.10 Å². The fourth-order valence-corrected chi connectivity index (χ4v) is 3.41. The molecule has 1 amide bonds. The summed E-state index contributed by atoms with van der Waals surface area (Å²) in [6.45, 7) is 1.15. The van der Waals surface area contributed by atoms with E-state index in [1.54, 1.807) is 35.2 Å². The van der Waals surface area contributed by atoms with Gasteiger partial charge in [-0.15, -0.1) is 0 Å². The van der Waals surface area contributed by atoms with Gasteiger partial charge in [-0.05, 0) is 42.3 Å². The standard InChI is InChI=1S/C19H18FNO4/c20-14-3-1-2-12(8-14)16-10-15(22)11-21(16)19(23)13-4-5-17-18(9-13)25-7-6-24-17/h1-5,8-9,15-16,22H,6-7,10-11H2. The predicted molar refractivity (Wildman–Crippen MR) is 88.2 cm³/mol. The van der Waals surface area contributed by atoms with Crippen LogP contribution in [0.1, 0.15) is 28.4 Å². The van der Waals surface area contributed by atoms with Crippen LogP contribution < -0.4 is 9.47 Å². The number of aliphatic hydroxyl groups is 1. The lowest BCUT2D eigenvalue weighted by atomic mass is 10.0. The normalized spacial score (nSPS) is 22.1. The lowest BCUT2D eigenvalue weighted by Gasteiger charge is -2.26. The van der Waals surface area contributed by atoms with Crippen LogP contribution in [0.25, 0.3) is 0 Å². The maximum atomic E-state index is 13.6. The van der Waals surface area contributed by atoms with E-state index in [1.165, 1.54) is 12.1 Å². The third-order valence-corrected chi connectivity index (χ3v) is 4.56. The summed E-state index contributed by atoms with van der Waals surface area (Å²) < 4.78 is 24.6. The van der Waals surface area contributed by atoms with Crippen molar-refractivity contribution in [2.24, 2.45) is 0 Å². The molecule has 2 aromatic carbocycles. The Balaban J connectivity index is 1.63. The van der Waals surface area contributed by atoms with Gasteiger partial charge < -0.3 is 19.5 Å². The second kappa shape index (κ2) is 6.37. The molecule has 4 rings (SSSR count). The summed E-state index contributed by atoms with van der Waals surface area (Å²) in [6, 6.07) is 10.9. The average Bonchev–Trinajstić information content (AvgIpc) is 3.02. The molecule has 2 heterocycles. The molecule has 0 saturated carbocycles. The zero-order valence-corrected chi connectivity index (χ0v) is 13.5. The molecule has 2 aliphatic rings. The first-order chi connectivity index (χ1) is 12.1. The third kappa shape index (κ3) is 3.05. The van der Waals surface area contributed by atoms with Gasteiger partial charge in [0.05, 0.1) is 12.1 Å². The first kappa shape index (κ1) is 15.9. The Morgan fingerprint density at radius 2 is 1.92 bits per heavy atom. The van der Waals surface area contributed by atoms with Crippen LogP contribution in [0.2, 0.25) is 0 Å². The molecule has 1 saturated heterocycles. The Kier molecular flexibility index (Phi) is 4.05. The van der Waals surface area contributed by atoms with E-state index in [1.807, 2.05) is 0 Å². The number of benzene rings is 2. The molecule has 2 unspecified atom stereocenters. The highest BCUT2D eigenvalue weighted by atomic mass is 19.1. The minimum Gasteiger partial charge on any atom is -0.486 e. The van der Waals surface area contributed by atoms with Crippen molar-refractivity contribution in [2.75, 3.05) is 19.8 Å². The van der Waals surface area contributed by atoms with Gasteiger partial charge in [-0.1, -0.05) is 12.1 Å². The van der Waals surface area contributed by atoms with Gasteiger partial charge in [0.15, 0.2) is 11.5 Å². The molecule has 1 N–H and O–H groups in total. The van der Waals surface area contributed by atoms with E-state index in [4.69, 9.17) is 9.47 Å². The van der Waals surface area contributed by atoms with Crippen molar-refractivity contribution >= 4 is 5.91 Å². The van der Waals surface area contributed by atoms with Crippen LogP contribution in [0.4, 0.5) is 4.39 Å². The van der Waals surface area contributed by atoms with E-state index in [0.717, 1.165) is 0 Å². The number of hydrogen-bond acceptors (Lipinski definition) is 4. The molecule has 2 aromatic rings. The fourth-order valence-electron chi connectivity index (χ4n) is 3.41. The molecule has 5 nitrogen and oxygen atoms in total. The highest BCUT2D eigenvalue weighted by molar-refractivity contribution is 5.95. The number of fused-ring (bicyclic) bond motifs is 1.